The highest BCUT2D eigenvalue weighted by Gasteiger charge is 2.64. The number of rotatable bonds is 2. The summed E-state index contributed by atoms with van der Waals surface area (Å²) in [5.41, 5.74) is -1.38. The molecule has 0 unspecified atom stereocenters. The number of aliphatic hydroxyl groups excluding tert-OH is 1. The second kappa shape index (κ2) is 5.94. The summed E-state index contributed by atoms with van der Waals surface area (Å²) >= 11 is 3.31. The Bertz CT molecular complexity index is 830. The van der Waals surface area contributed by atoms with E-state index in [0.717, 1.165) is 5.57 Å². The second-order valence-corrected chi connectivity index (χ2v) is 9.69. The molecule has 4 aliphatic rings. The third-order valence-electron chi connectivity index (χ3n) is 7.75. The van der Waals surface area contributed by atoms with Crippen LogP contribution in [0.15, 0.2) is 33.9 Å². The maximum absolute atomic E-state index is 15.2. The minimum Gasteiger partial charge on any atom is -0.388 e. The van der Waals surface area contributed by atoms with Gasteiger partial charge < -0.3 is 10.2 Å². The summed E-state index contributed by atoms with van der Waals surface area (Å²) in [5.74, 6) is -0.908. The fourth-order valence-electron chi connectivity index (χ4n) is 6.19. The monoisotopic (exact) mass is 438 g/mol. The lowest BCUT2D eigenvalue weighted by Gasteiger charge is -2.54. The lowest BCUT2D eigenvalue weighted by atomic mass is 9.51. The Morgan fingerprint density at radius 2 is 2.07 bits per heavy atom. The second-order valence-electron chi connectivity index (χ2n) is 8.84. The first-order valence-electron chi connectivity index (χ1n) is 9.44. The zero-order chi connectivity index (χ0) is 19.8. The Balaban J connectivity index is 1.82. The lowest BCUT2D eigenvalue weighted by Crippen LogP contribution is -2.56. The highest BCUT2D eigenvalue weighted by Crippen LogP contribution is 2.65. The van der Waals surface area contributed by atoms with Gasteiger partial charge in [0.15, 0.2) is 11.6 Å². The van der Waals surface area contributed by atoms with Crippen molar-refractivity contribution >= 4 is 27.5 Å². The number of Topliss-reactive ketones (excluding diaryl/α,β-unsaturated/α-hetero) is 1. The summed E-state index contributed by atoms with van der Waals surface area (Å²) < 4.78 is 15.6. The molecule has 2 saturated carbocycles. The quantitative estimate of drug-likeness (QED) is 0.649. The zero-order valence-electron chi connectivity index (χ0n) is 15.5. The molecule has 0 aliphatic heterocycles. The van der Waals surface area contributed by atoms with E-state index in [9.17, 15) is 19.8 Å². The normalized spacial score (nSPS) is 45.9. The van der Waals surface area contributed by atoms with Crippen molar-refractivity contribution in [3.05, 3.63) is 33.9 Å². The fraction of sp³-hybridized carbons (Fsp3) is 0.619. The summed E-state index contributed by atoms with van der Waals surface area (Å²) in [6.07, 6.45) is 5.68. The number of halogens is 2. The molecule has 4 aliphatic carbocycles. The van der Waals surface area contributed by atoms with Crippen LogP contribution in [0.25, 0.3) is 0 Å². The Hall–Kier alpha value is -1.11. The number of ketones is 2. The largest absolute Gasteiger partial charge is 0.388 e. The number of carbonyl (C=O) groups is 2. The Morgan fingerprint density at radius 3 is 2.74 bits per heavy atom. The van der Waals surface area contributed by atoms with Crippen LogP contribution in [-0.2, 0) is 9.59 Å². The first kappa shape index (κ1) is 19.2. The van der Waals surface area contributed by atoms with E-state index in [2.05, 4.69) is 15.9 Å². The van der Waals surface area contributed by atoms with Gasteiger partial charge in [-0.2, -0.15) is 0 Å². The highest BCUT2D eigenvalue weighted by molar-refractivity contribution is 9.12. The predicted octanol–water partition coefficient (Wildman–Crippen LogP) is 3.18. The summed E-state index contributed by atoms with van der Waals surface area (Å²) in [7, 11) is 0. The third-order valence-corrected chi connectivity index (χ3v) is 8.37. The molecule has 6 atom stereocenters. The minimum atomic E-state index is -1.57. The molecular formula is C21H24BrFO4. The summed E-state index contributed by atoms with van der Waals surface area (Å²) in [4.78, 5) is 24.4. The Morgan fingerprint density at radius 1 is 1.37 bits per heavy atom. The van der Waals surface area contributed by atoms with E-state index >= 15 is 4.39 Å². The van der Waals surface area contributed by atoms with Crippen molar-refractivity contribution in [2.24, 2.45) is 22.7 Å². The molecule has 0 aromatic heterocycles. The molecule has 2 N–H and O–H groups in total. The van der Waals surface area contributed by atoms with Gasteiger partial charge in [0.25, 0.3) is 0 Å². The van der Waals surface area contributed by atoms with E-state index in [4.69, 9.17) is 0 Å². The van der Waals surface area contributed by atoms with E-state index in [1.165, 1.54) is 6.08 Å². The molecule has 0 aromatic carbocycles. The summed E-state index contributed by atoms with van der Waals surface area (Å²) in [6.45, 7) is 3.15. The van der Waals surface area contributed by atoms with E-state index in [1.807, 2.05) is 19.9 Å². The summed E-state index contributed by atoms with van der Waals surface area (Å²) in [5, 5.41) is 20.5. The van der Waals surface area contributed by atoms with Crippen LogP contribution < -0.4 is 0 Å². The minimum absolute atomic E-state index is 0.0422. The molecule has 27 heavy (non-hydrogen) atoms. The van der Waals surface area contributed by atoms with Crippen LogP contribution in [0.3, 0.4) is 0 Å². The van der Waals surface area contributed by atoms with Gasteiger partial charge in [-0.25, -0.2) is 4.39 Å². The van der Waals surface area contributed by atoms with Gasteiger partial charge in [0.2, 0.25) is 0 Å². The van der Waals surface area contributed by atoms with Gasteiger partial charge in [0, 0.05) is 10.8 Å². The average Bonchev–Trinajstić information content (AvgIpc) is 2.89. The van der Waals surface area contributed by atoms with E-state index in [0.29, 0.717) is 29.3 Å². The molecule has 0 bridgehead atoms. The number of carbonyl (C=O) groups excluding carboxylic acids is 2. The zero-order valence-corrected chi connectivity index (χ0v) is 17.1. The Kier molecular flexibility index (Phi) is 4.23. The standard InChI is InChI=1S/C21H24BrFO4/c1-19-9-15(22)17(25)8-14(19)16(23)7-11-12(19)3-5-20(2)13(11)4-6-21(20,27)18(26)10-24/h3,8-9,11,13,16,24,27H,4-7,10H2,1-2H3/t11-,13+,16-,19-,20+,21+/m1/s1. The van der Waals surface area contributed by atoms with Gasteiger partial charge in [-0.15, -0.1) is 0 Å². The molecular weight excluding hydrogens is 415 g/mol. The number of fused-ring (bicyclic) bond motifs is 5. The molecule has 0 amide bonds. The van der Waals surface area contributed by atoms with Crippen LogP contribution in [0.5, 0.6) is 0 Å². The molecule has 6 heteroatoms. The predicted molar refractivity (Wildman–Crippen MR) is 102 cm³/mol. The van der Waals surface area contributed by atoms with Gasteiger partial charge in [-0.3, -0.25) is 9.59 Å². The fourth-order valence-corrected chi connectivity index (χ4v) is 6.76. The lowest BCUT2D eigenvalue weighted by molar-refractivity contribution is -0.155. The molecule has 2 fully saturated rings. The SMILES string of the molecule is C[C@]12C=C(Br)C(=O)C=C1[C@H](F)C[C@@H]1C2=CC[C@@]2(C)[C@H]1CC[C@]2(O)C(=O)CO. The van der Waals surface area contributed by atoms with Crippen LogP contribution in [0.1, 0.15) is 39.5 Å². The van der Waals surface area contributed by atoms with Crippen molar-refractivity contribution in [1.82, 2.24) is 0 Å². The molecule has 146 valence electrons. The molecule has 0 spiro atoms. The molecule has 0 aromatic rings. The van der Waals surface area contributed by atoms with Crippen LogP contribution in [-0.4, -0.2) is 40.2 Å². The van der Waals surface area contributed by atoms with Gasteiger partial charge >= 0.3 is 0 Å². The maximum Gasteiger partial charge on any atom is 0.192 e. The van der Waals surface area contributed by atoms with E-state index in [1.54, 1.807) is 6.08 Å². The smallest absolute Gasteiger partial charge is 0.192 e. The number of aliphatic hydroxyl groups is 2. The topological polar surface area (TPSA) is 74.6 Å². The van der Waals surface area contributed by atoms with Crippen LogP contribution >= 0.6 is 15.9 Å². The highest BCUT2D eigenvalue weighted by atomic mass is 79.9. The first-order chi connectivity index (χ1) is 12.6. The number of allylic oxidation sites excluding steroid dienone is 6. The van der Waals surface area contributed by atoms with Crippen molar-refractivity contribution in [1.29, 1.82) is 0 Å². The van der Waals surface area contributed by atoms with Crippen molar-refractivity contribution in [3.8, 4) is 0 Å². The van der Waals surface area contributed by atoms with Gasteiger partial charge in [-0.05, 0) is 72.0 Å². The summed E-state index contributed by atoms with van der Waals surface area (Å²) in [6, 6.07) is 0. The molecule has 0 heterocycles. The van der Waals surface area contributed by atoms with Crippen molar-refractivity contribution in [2.75, 3.05) is 6.61 Å². The van der Waals surface area contributed by atoms with Gasteiger partial charge in [0.05, 0.1) is 4.48 Å². The molecule has 0 saturated heterocycles. The van der Waals surface area contributed by atoms with Crippen LogP contribution in [0, 0.1) is 22.7 Å². The number of hydrogen-bond donors (Lipinski definition) is 2. The first-order valence-corrected chi connectivity index (χ1v) is 10.2. The Labute approximate surface area is 166 Å². The van der Waals surface area contributed by atoms with Crippen LogP contribution in [0.4, 0.5) is 4.39 Å². The van der Waals surface area contributed by atoms with Crippen LogP contribution in [0.2, 0.25) is 0 Å². The van der Waals surface area contributed by atoms with E-state index in [-0.39, 0.29) is 24.0 Å². The van der Waals surface area contributed by atoms with Gasteiger partial charge in [0.1, 0.15) is 18.4 Å². The third kappa shape index (κ3) is 2.33. The molecule has 0 radical (unpaired) electrons. The average molecular weight is 439 g/mol. The maximum atomic E-state index is 15.2. The number of hydrogen-bond acceptors (Lipinski definition) is 4. The van der Waals surface area contributed by atoms with Gasteiger partial charge in [-0.1, -0.05) is 24.6 Å². The number of alkyl halides is 1. The molecule has 4 nitrogen and oxygen atoms in total. The van der Waals surface area contributed by atoms with Crippen molar-refractivity contribution in [3.63, 3.8) is 0 Å². The molecule has 4 rings (SSSR count). The van der Waals surface area contributed by atoms with Crippen molar-refractivity contribution < 1.29 is 24.2 Å². The van der Waals surface area contributed by atoms with Crippen molar-refractivity contribution in [2.45, 2.75) is 51.3 Å². The van der Waals surface area contributed by atoms with E-state index < -0.39 is 35.0 Å².